The summed E-state index contributed by atoms with van der Waals surface area (Å²) in [6.45, 7) is 1.13. The molecule has 0 radical (unpaired) electrons. The summed E-state index contributed by atoms with van der Waals surface area (Å²) in [6, 6.07) is 16.0. The molecule has 144 valence electrons. The molecule has 0 saturated heterocycles. The van der Waals surface area contributed by atoms with Gasteiger partial charge in [0.25, 0.3) is 0 Å². The molecule has 0 aliphatic carbocycles. The summed E-state index contributed by atoms with van der Waals surface area (Å²) < 4.78 is 7.79. The molecule has 2 heterocycles. The molecule has 2 aromatic carbocycles. The van der Waals surface area contributed by atoms with Gasteiger partial charge in [-0.2, -0.15) is 0 Å². The molecule has 7 heteroatoms. The third-order valence-electron chi connectivity index (χ3n) is 4.74. The number of methoxy groups -OCH3 is 1. The van der Waals surface area contributed by atoms with Crippen LogP contribution in [0.2, 0.25) is 5.02 Å². The summed E-state index contributed by atoms with van der Waals surface area (Å²) in [7, 11) is 5.72. The first-order chi connectivity index (χ1) is 13.6. The van der Waals surface area contributed by atoms with E-state index in [9.17, 15) is 0 Å². The van der Waals surface area contributed by atoms with E-state index in [1.165, 1.54) is 0 Å². The van der Waals surface area contributed by atoms with E-state index in [1.807, 2.05) is 50.5 Å². The molecular weight excluding hydrogens is 374 g/mol. The lowest BCUT2D eigenvalue weighted by atomic mass is 10.0. The molecule has 1 aliphatic heterocycles. The van der Waals surface area contributed by atoms with Crippen LogP contribution in [0.15, 0.2) is 53.5 Å². The van der Waals surface area contributed by atoms with Crippen LogP contribution in [0.25, 0.3) is 5.69 Å². The number of nitrogens with zero attached hydrogens (tertiary/aromatic N) is 5. The topological polar surface area (TPSA) is 55.5 Å². The Bertz CT molecular complexity index is 1010. The van der Waals surface area contributed by atoms with E-state index >= 15 is 0 Å². The highest BCUT2D eigenvalue weighted by molar-refractivity contribution is 6.31. The SMILES string of the molecule is COC(CN(C)C)c1nnc2n1-c1ccc(Cl)cc1C(c1ccccc1)=NC2. The number of fused-ring (bicyclic) bond motifs is 3. The molecule has 1 aromatic heterocycles. The molecular formula is C21H22ClN5O. The normalized spacial score (nSPS) is 14.2. The lowest BCUT2D eigenvalue weighted by molar-refractivity contribution is 0.0701. The van der Waals surface area contributed by atoms with Crippen molar-refractivity contribution in [2.24, 2.45) is 4.99 Å². The molecule has 4 rings (SSSR count). The van der Waals surface area contributed by atoms with Crippen LogP contribution >= 0.6 is 11.6 Å². The highest BCUT2D eigenvalue weighted by atomic mass is 35.5. The van der Waals surface area contributed by atoms with E-state index < -0.39 is 0 Å². The molecule has 0 spiro atoms. The van der Waals surface area contributed by atoms with Gasteiger partial charge in [0.05, 0.1) is 11.4 Å². The first kappa shape index (κ1) is 18.8. The Hall–Kier alpha value is -2.54. The Morgan fingerprint density at radius 2 is 1.93 bits per heavy atom. The highest BCUT2D eigenvalue weighted by Crippen LogP contribution is 2.30. The van der Waals surface area contributed by atoms with Crippen LogP contribution in [0, 0.1) is 0 Å². The van der Waals surface area contributed by atoms with Crippen molar-refractivity contribution in [3.8, 4) is 5.69 Å². The Morgan fingerprint density at radius 1 is 1.14 bits per heavy atom. The number of rotatable bonds is 5. The van der Waals surface area contributed by atoms with Crippen LogP contribution in [-0.2, 0) is 11.3 Å². The van der Waals surface area contributed by atoms with Crippen LogP contribution < -0.4 is 0 Å². The molecule has 0 amide bonds. The molecule has 1 atom stereocenters. The molecule has 6 nitrogen and oxygen atoms in total. The van der Waals surface area contributed by atoms with Crippen molar-refractivity contribution >= 4 is 17.3 Å². The Balaban J connectivity index is 1.90. The second-order valence-electron chi connectivity index (χ2n) is 6.99. The molecule has 0 bridgehead atoms. The van der Waals surface area contributed by atoms with Gasteiger partial charge in [0.1, 0.15) is 12.6 Å². The highest BCUT2D eigenvalue weighted by Gasteiger charge is 2.27. The maximum atomic E-state index is 6.36. The van der Waals surface area contributed by atoms with E-state index in [0.717, 1.165) is 34.2 Å². The lowest BCUT2D eigenvalue weighted by Crippen LogP contribution is -2.24. The van der Waals surface area contributed by atoms with Gasteiger partial charge in [-0.25, -0.2) is 0 Å². The number of aliphatic imine (C=N–C) groups is 1. The second kappa shape index (κ2) is 7.83. The third kappa shape index (κ3) is 3.46. The maximum absolute atomic E-state index is 6.36. The predicted molar refractivity (Wildman–Crippen MR) is 110 cm³/mol. The minimum absolute atomic E-state index is 0.210. The van der Waals surface area contributed by atoms with Crippen molar-refractivity contribution in [1.29, 1.82) is 0 Å². The largest absolute Gasteiger partial charge is 0.372 e. The van der Waals surface area contributed by atoms with Crippen LogP contribution in [0.3, 0.4) is 0 Å². The summed E-state index contributed by atoms with van der Waals surface area (Å²) in [6.07, 6.45) is -0.210. The number of benzene rings is 2. The van der Waals surface area contributed by atoms with E-state index in [0.29, 0.717) is 18.1 Å². The quantitative estimate of drug-likeness (QED) is 0.663. The average Bonchev–Trinajstić information content (AvgIpc) is 3.03. The predicted octanol–water partition coefficient (Wildman–Crippen LogP) is 3.52. The van der Waals surface area contributed by atoms with E-state index in [1.54, 1.807) is 7.11 Å². The summed E-state index contributed by atoms with van der Waals surface area (Å²) in [5, 5.41) is 9.52. The minimum atomic E-state index is -0.210. The van der Waals surface area contributed by atoms with Gasteiger partial charge in [0, 0.05) is 29.8 Å². The standard InChI is InChI=1S/C21H22ClN5O/c1-26(2)13-18(28-3)21-25-24-19-12-23-20(14-7-5-4-6-8-14)16-11-15(22)9-10-17(16)27(19)21/h4-11,18H,12-13H2,1-3H3. The fourth-order valence-corrected chi connectivity index (χ4v) is 3.64. The van der Waals surface area contributed by atoms with Crippen molar-refractivity contribution in [3.05, 3.63) is 76.3 Å². The van der Waals surface area contributed by atoms with E-state index in [-0.39, 0.29) is 6.10 Å². The smallest absolute Gasteiger partial charge is 0.168 e. The van der Waals surface area contributed by atoms with E-state index in [2.05, 4.69) is 31.8 Å². The Kier molecular flexibility index (Phi) is 5.26. The average molecular weight is 396 g/mol. The number of hydrogen-bond acceptors (Lipinski definition) is 5. The van der Waals surface area contributed by atoms with Crippen LogP contribution in [0.1, 0.15) is 28.9 Å². The number of aromatic nitrogens is 3. The number of likely N-dealkylation sites (N-methyl/N-ethyl adjacent to an activating group) is 1. The lowest BCUT2D eigenvalue weighted by Gasteiger charge is -2.21. The first-order valence-electron chi connectivity index (χ1n) is 9.10. The summed E-state index contributed by atoms with van der Waals surface area (Å²) in [5.74, 6) is 1.55. The first-order valence-corrected chi connectivity index (χ1v) is 9.48. The molecule has 1 aliphatic rings. The fourth-order valence-electron chi connectivity index (χ4n) is 3.47. The molecule has 0 N–H and O–H groups in total. The Labute approximate surface area is 169 Å². The molecule has 3 aromatic rings. The van der Waals surface area contributed by atoms with Gasteiger partial charge in [-0.15, -0.1) is 10.2 Å². The van der Waals surface area contributed by atoms with Gasteiger partial charge in [0.15, 0.2) is 11.6 Å². The van der Waals surface area contributed by atoms with Crippen LogP contribution in [0.4, 0.5) is 0 Å². The molecule has 28 heavy (non-hydrogen) atoms. The number of hydrogen-bond donors (Lipinski definition) is 0. The van der Waals surface area contributed by atoms with Crippen molar-refractivity contribution < 1.29 is 4.74 Å². The minimum Gasteiger partial charge on any atom is -0.372 e. The number of halogens is 1. The maximum Gasteiger partial charge on any atom is 0.168 e. The fraction of sp³-hybridized carbons (Fsp3) is 0.286. The number of ether oxygens (including phenoxy) is 1. The van der Waals surface area contributed by atoms with Gasteiger partial charge < -0.3 is 9.64 Å². The zero-order chi connectivity index (χ0) is 19.7. The van der Waals surface area contributed by atoms with Crippen LogP contribution in [-0.4, -0.2) is 53.1 Å². The van der Waals surface area contributed by atoms with Gasteiger partial charge in [-0.3, -0.25) is 9.56 Å². The summed E-state index contributed by atoms with van der Waals surface area (Å²) >= 11 is 6.36. The van der Waals surface area contributed by atoms with Crippen molar-refractivity contribution in [1.82, 2.24) is 19.7 Å². The summed E-state index contributed by atoms with van der Waals surface area (Å²) in [5.41, 5.74) is 3.86. The van der Waals surface area contributed by atoms with Crippen LogP contribution in [0.5, 0.6) is 0 Å². The zero-order valence-corrected chi connectivity index (χ0v) is 16.9. The molecule has 1 unspecified atom stereocenters. The van der Waals surface area contributed by atoms with Crippen molar-refractivity contribution in [2.75, 3.05) is 27.7 Å². The van der Waals surface area contributed by atoms with Crippen molar-refractivity contribution in [3.63, 3.8) is 0 Å². The zero-order valence-electron chi connectivity index (χ0n) is 16.1. The van der Waals surface area contributed by atoms with Gasteiger partial charge >= 0.3 is 0 Å². The van der Waals surface area contributed by atoms with Gasteiger partial charge in [0.2, 0.25) is 0 Å². The third-order valence-corrected chi connectivity index (χ3v) is 4.97. The molecule has 0 fully saturated rings. The summed E-state index contributed by atoms with van der Waals surface area (Å²) in [4.78, 5) is 6.93. The van der Waals surface area contributed by atoms with Gasteiger partial charge in [-0.05, 0) is 32.3 Å². The Morgan fingerprint density at radius 3 is 2.64 bits per heavy atom. The van der Waals surface area contributed by atoms with Crippen molar-refractivity contribution in [2.45, 2.75) is 12.6 Å². The van der Waals surface area contributed by atoms with Gasteiger partial charge in [-0.1, -0.05) is 41.9 Å². The monoisotopic (exact) mass is 395 g/mol. The molecule has 0 saturated carbocycles. The second-order valence-corrected chi connectivity index (χ2v) is 7.43. The van der Waals surface area contributed by atoms with E-state index in [4.69, 9.17) is 21.3 Å².